The van der Waals surface area contributed by atoms with Gasteiger partial charge >= 0.3 is 0 Å². The summed E-state index contributed by atoms with van der Waals surface area (Å²) < 4.78 is 27.2. The van der Waals surface area contributed by atoms with Crippen LogP contribution < -0.4 is 9.80 Å². The minimum atomic E-state index is -3.57. The molecule has 0 aromatic heterocycles. The van der Waals surface area contributed by atoms with Gasteiger partial charge in [-0.15, -0.1) is 0 Å². The van der Waals surface area contributed by atoms with Crippen molar-refractivity contribution in [3.63, 3.8) is 0 Å². The molecule has 2 aromatic carbocycles. The molecule has 2 aliphatic rings. The number of piperazine rings is 1. The first-order valence-electron chi connectivity index (χ1n) is 9.90. The Bertz CT molecular complexity index is 1030. The molecule has 0 bridgehead atoms. The maximum absolute atomic E-state index is 12.9. The van der Waals surface area contributed by atoms with Crippen LogP contribution in [0.4, 0.5) is 17.1 Å². The molecular formula is C20H23ClN4O4S. The molecule has 30 heavy (non-hydrogen) atoms. The molecule has 0 unspecified atom stereocenters. The van der Waals surface area contributed by atoms with Gasteiger partial charge in [0.25, 0.3) is 5.69 Å². The lowest BCUT2D eigenvalue weighted by Crippen LogP contribution is -2.48. The molecule has 0 spiro atoms. The molecule has 8 nitrogen and oxygen atoms in total. The summed E-state index contributed by atoms with van der Waals surface area (Å²) in [7, 11) is -3.57. The first-order valence-corrected chi connectivity index (χ1v) is 11.7. The first-order chi connectivity index (χ1) is 14.4. The van der Waals surface area contributed by atoms with Crippen molar-refractivity contribution in [3.8, 4) is 0 Å². The number of hydrogen-bond donors (Lipinski definition) is 0. The quantitative estimate of drug-likeness (QED) is 0.512. The molecule has 2 fully saturated rings. The van der Waals surface area contributed by atoms with Gasteiger partial charge in [0.15, 0.2) is 0 Å². The summed E-state index contributed by atoms with van der Waals surface area (Å²) in [5.41, 5.74) is 1.64. The van der Waals surface area contributed by atoms with E-state index >= 15 is 0 Å². The topological polar surface area (TPSA) is 87.0 Å². The fraction of sp³-hybridized carbons (Fsp3) is 0.400. The van der Waals surface area contributed by atoms with Crippen LogP contribution in [0, 0.1) is 10.1 Å². The molecule has 0 saturated carbocycles. The van der Waals surface area contributed by atoms with Gasteiger partial charge in [-0.3, -0.25) is 10.1 Å². The maximum Gasteiger partial charge on any atom is 0.292 e. The molecule has 0 atom stereocenters. The number of sulfonamides is 1. The van der Waals surface area contributed by atoms with E-state index in [1.807, 2.05) is 6.07 Å². The normalized spacial score (nSPS) is 18.0. The standard InChI is InChI=1S/C20H23ClN4O4S/c21-16-3-6-18(7-4-16)30(28,29)24-13-11-22(12-14-24)17-5-8-19(25(26)27)20(15-17)23-9-1-2-10-23/h3-8,15H,1-2,9-14H2. The Morgan fingerprint density at radius 1 is 0.867 bits per heavy atom. The second-order valence-electron chi connectivity index (χ2n) is 7.47. The molecule has 4 rings (SSSR count). The van der Waals surface area contributed by atoms with E-state index in [0.29, 0.717) is 36.9 Å². The number of benzene rings is 2. The highest BCUT2D eigenvalue weighted by atomic mass is 35.5. The molecule has 2 saturated heterocycles. The summed E-state index contributed by atoms with van der Waals surface area (Å²) >= 11 is 5.86. The Balaban J connectivity index is 1.50. The van der Waals surface area contributed by atoms with Crippen LogP contribution in [-0.2, 0) is 10.0 Å². The molecule has 160 valence electrons. The van der Waals surface area contributed by atoms with Gasteiger partial charge in [0.05, 0.1) is 9.82 Å². The van der Waals surface area contributed by atoms with Gasteiger partial charge < -0.3 is 9.80 Å². The predicted octanol–water partition coefficient (Wildman–Crippen LogP) is 3.36. The van der Waals surface area contributed by atoms with Gasteiger partial charge in [0.1, 0.15) is 5.69 Å². The number of nitro groups is 1. The second kappa shape index (κ2) is 8.41. The zero-order valence-corrected chi connectivity index (χ0v) is 18.0. The van der Waals surface area contributed by atoms with Gasteiger partial charge in [0, 0.05) is 56.0 Å². The Hall–Kier alpha value is -2.36. The van der Waals surface area contributed by atoms with Crippen LogP contribution in [0.1, 0.15) is 12.8 Å². The van der Waals surface area contributed by atoms with E-state index in [1.54, 1.807) is 24.3 Å². The lowest BCUT2D eigenvalue weighted by atomic mass is 10.2. The maximum atomic E-state index is 12.9. The number of nitro benzene ring substituents is 1. The second-order valence-corrected chi connectivity index (χ2v) is 9.84. The van der Waals surface area contributed by atoms with E-state index in [0.717, 1.165) is 31.6 Å². The van der Waals surface area contributed by atoms with Crippen molar-refractivity contribution < 1.29 is 13.3 Å². The predicted molar refractivity (Wildman–Crippen MR) is 117 cm³/mol. The summed E-state index contributed by atoms with van der Waals surface area (Å²) in [4.78, 5) is 15.5. The van der Waals surface area contributed by atoms with E-state index in [4.69, 9.17) is 11.6 Å². The van der Waals surface area contributed by atoms with Crippen molar-refractivity contribution in [1.82, 2.24) is 4.31 Å². The van der Waals surface area contributed by atoms with Crippen molar-refractivity contribution in [1.29, 1.82) is 0 Å². The van der Waals surface area contributed by atoms with Crippen molar-refractivity contribution in [2.24, 2.45) is 0 Å². The van der Waals surface area contributed by atoms with Crippen molar-refractivity contribution in [3.05, 3.63) is 57.6 Å². The number of anilines is 2. The Morgan fingerprint density at radius 3 is 2.10 bits per heavy atom. The zero-order chi connectivity index (χ0) is 21.3. The number of nitrogens with zero attached hydrogens (tertiary/aromatic N) is 4. The third-order valence-corrected chi connectivity index (χ3v) is 7.82. The van der Waals surface area contributed by atoms with Crippen LogP contribution in [0.3, 0.4) is 0 Å². The molecule has 0 radical (unpaired) electrons. The highest BCUT2D eigenvalue weighted by Crippen LogP contribution is 2.35. The third-order valence-electron chi connectivity index (χ3n) is 5.66. The minimum Gasteiger partial charge on any atom is -0.369 e. The van der Waals surface area contributed by atoms with Crippen LogP contribution in [-0.4, -0.2) is 56.9 Å². The average molecular weight is 451 g/mol. The summed E-state index contributed by atoms with van der Waals surface area (Å²) in [5.74, 6) is 0. The van der Waals surface area contributed by atoms with Gasteiger partial charge in [-0.1, -0.05) is 11.6 Å². The van der Waals surface area contributed by atoms with Crippen LogP contribution in [0.2, 0.25) is 5.02 Å². The highest BCUT2D eigenvalue weighted by Gasteiger charge is 2.30. The average Bonchev–Trinajstić information content (AvgIpc) is 3.28. The van der Waals surface area contributed by atoms with Crippen LogP contribution >= 0.6 is 11.6 Å². The van der Waals surface area contributed by atoms with Gasteiger partial charge in [-0.2, -0.15) is 4.31 Å². The Kier molecular flexibility index (Phi) is 5.86. The fourth-order valence-corrected chi connectivity index (χ4v) is 5.56. The Labute approximate surface area is 180 Å². The summed E-state index contributed by atoms with van der Waals surface area (Å²) in [6.45, 7) is 3.37. The summed E-state index contributed by atoms with van der Waals surface area (Å²) in [6.07, 6.45) is 2.06. The highest BCUT2D eigenvalue weighted by molar-refractivity contribution is 7.89. The molecule has 10 heteroatoms. The van der Waals surface area contributed by atoms with E-state index in [2.05, 4.69) is 9.80 Å². The fourth-order valence-electron chi connectivity index (χ4n) is 4.02. The van der Waals surface area contributed by atoms with E-state index in [9.17, 15) is 18.5 Å². The SMILES string of the molecule is O=[N+]([O-])c1ccc(N2CCN(S(=O)(=O)c3ccc(Cl)cc3)CC2)cc1N1CCCC1. The van der Waals surface area contributed by atoms with E-state index in [1.165, 1.54) is 16.4 Å². The zero-order valence-electron chi connectivity index (χ0n) is 16.4. The largest absolute Gasteiger partial charge is 0.369 e. The first kappa shape index (κ1) is 20.9. The van der Waals surface area contributed by atoms with Crippen LogP contribution in [0.25, 0.3) is 0 Å². The number of halogens is 1. The molecule has 2 heterocycles. The van der Waals surface area contributed by atoms with E-state index in [-0.39, 0.29) is 15.5 Å². The summed E-state index contributed by atoms with van der Waals surface area (Å²) in [5, 5.41) is 12.0. The van der Waals surface area contributed by atoms with Gasteiger partial charge in [-0.05, 0) is 49.2 Å². The molecule has 0 N–H and O–H groups in total. The molecule has 0 aliphatic carbocycles. The van der Waals surface area contributed by atoms with Crippen molar-refractivity contribution in [2.45, 2.75) is 17.7 Å². The van der Waals surface area contributed by atoms with Gasteiger partial charge in [0.2, 0.25) is 10.0 Å². The van der Waals surface area contributed by atoms with Crippen molar-refractivity contribution in [2.75, 3.05) is 49.1 Å². The van der Waals surface area contributed by atoms with E-state index < -0.39 is 10.0 Å². The van der Waals surface area contributed by atoms with Gasteiger partial charge in [-0.25, -0.2) is 8.42 Å². The molecule has 2 aromatic rings. The lowest BCUT2D eigenvalue weighted by Gasteiger charge is -2.35. The van der Waals surface area contributed by atoms with Crippen LogP contribution in [0.15, 0.2) is 47.4 Å². The Morgan fingerprint density at radius 2 is 1.50 bits per heavy atom. The molecule has 2 aliphatic heterocycles. The lowest BCUT2D eigenvalue weighted by molar-refractivity contribution is -0.384. The number of rotatable bonds is 5. The van der Waals surface area contributed by atoms with Crippen molar-refractivity contribution >= 4 is 38.7 Å². The molecular weight excluding hydrogens is 428 g/mol. The van der Waals surface area contributed by atoms with Crippen LogP contribution in [0.5, 0.6) is 0 Å². The minimum absolute atomic E-state index is 0.115. The molecule has 0 amide bonds. The monoisotopic (exact) mass is 450 g/mol. The third kappa shape index (κ3) is 4.10. The number of hydrogen-bond acceptors (Lipinski definition) is 6. The summed E-state index contributed by atoms with van der Waals surface area (Å²) in [6, 6.07) is 11.3. The smallest absolute Gasteiger partial charge is 0.292 e.